The summed E-state index contributed by atoms with van der Waals surface area (Å²) in [4.78, 5) is 26.6. The van der Waals surface area contributed by atoms with E-state index in [4.69, 9.17) is 9.47 Å². The van der Waals surface area contributed by atoms with E-state index in [1.807, 2.05) is 75.4 Å². The summed E-state index contributed by atoms with van der Waals surface area (Å²) in [7, 11) is 1.31. The number of carbonyl (C=O) groups excluding carboxylic acids is 2. The van der Waals surface area contributed by atoms with Crippen LogP contribution in [-0.4, -0.2) is 30.7 Å². The number of carbonyl (C=O) groups is 2. The zero-order valence-electron chi connectivity index (χ0n) is 18.6. The standard InChI is InChI=1S/C26H29NO4/c1-18(31-25(2,3)4)26(24(29)30-5,22-13-7-6-8-14-22)27-23(28)21-16-15-19-11-9-10-12-20(19)17-21/h6-18H,1-5H3,(H,27,28)/t18-,26-/m1/s1. The van der Waals surface area contributed by atoms with Crippen LogP contribution < -0.4 is 5.32 Å². The molecule has 0 aliphatic heterocycles. The van der Waals surface area contributed by atoms with Crippen molar-refractivity contribution in [1.82, 2.24) is 5.32 Å². The Morgan fingerprint density at radius 3 is 2.10 bits per heavy atom. The van der Waals surface area contributed by atoms with Gasteiger partial charge in [-0.1, -0.05) is 60.7 Å². The molecule has 0 aliphatic carbocycles. The lowest BCUT2D eigenvalue weighted by atomic mass is 9.83. The first-order chi connectivity index (χ1) is 14.7. The average molecular weight is 420 g/mol. The summed E-state index contributed by atoms with van der Waals surface area (Å²) in [5.74, 6) is -0.978. The molecule has 162 valence electrons. The summed E-state index contributed by atoms with van der Waals surface area (Å²) in [6.45, 7) is 7.49. The lowest BCUT2D eigenvalue weighted by Gasteiger charge is -2.40. The number of hydrogen-bond acceptors (Lipinski definition) is 4. The molecule has 0 heterocycles. The van der Waals surface area contributed by atoms with E-state index in [0.29, 0.717) is 11.1 Å². The van der Waals surface area contributed by atoms with Crippen LogP contribution >= 0.6 is 0 Å². The second-order valence-corrected chi connectivity index (χ2v) is 8.55. The van der Waals surface area contributed by atoms with Crippen molar-refractivity contribution in [1.29, 1.82) is 0 Å². The van der Waals surface area contributed by atoms with Crippen molar-refractivity contribution >= 4 is 22.6 Å². The quantitative estimate of drug-likeness (QED) is 0.581. The van der Waals surface area contributed by atoms with Crippen LogP contribution in [0.1, 0.15) is 43.6 Å². The zero-order chi connectivity index (χ0) is 22.6. The number of ether oxygens (including phenoxy) is 2. The van der Waals surface area contributed by atoms with Gasteiger partial charge in [-0.05, 0) is 56.2 Å². The third-order valence-electron chi connectivity index (χ3n) is 5.20. The molecule has 5 nitrogen and oxygen atoms in total. The minimum absolute atomic E-state index is 0.385. The van der Waals surface area contributed by atoms with Gasteiger partial charge < -0.3 is 14.8 Å². The van der Waals surface area contributed by atoms with Crippen molar-refractivity contribution < 1.29 is 19.1 Å². The van der Waals surface area contributed by atoms with Gasteiger partial charge in [-0.2, -0.15) is 0 Å². The number of nitrogens with one attached hydrogen (secondary N) is 1. The van der Waals surface area contributed by atoms with Crippen molar-refractivity contribution in [3.8, 4) is 0 Å². The van der Waals surface area contributed by atoms with Gasteiger partial charge in [0.05, 0.1) is 18.8 Å². The Labute approximate surface area is 183 Å². The minimum atomic E-state index is -1.52. The molecule has 2 atom stereocenters. The molecule has 31 heavy (non-hydrogen) atoms. The second-order valence-electron chi connectivity index (χ2n) is 8.55. The molecule has 0 radical (unpaired) electrons. The van der Waals surface area contributed by atoms with Crippen molar-refractivity contribution in [2.24, 2.45) is 0 Å². The predicted molar refractivity (Wildman–Crippen MR) is 122 cm³/mol. The summed E-state index contributed by atoms with van der Waals surface area (Å²) in [6, 6.07) is 22.3. The van der Waals surface area contributed by atoms with Crippen molar-refractivity contribution in [3.05, 3.63) is 83.9 Å². The van der Waals surface area contributed by atoms with Crippen LogP contribution in [0.2, 0.25) is 0 Å². The van der Waals surface area contributed by atoms with Crippen LogP contribution in [0.15, 0.2) is 72.8 Å². The fourth-order valence-electron chi connectivity index (χ4n) is 3.81. The smallest absolute Gasteiger partial charge is 0.339 e. The van der Waals surface area contributed by atoms with Gasteiger partial charge >= 0.3 is 5.97 Å². The first kappa shape index (κ1) is 22.5. The van der Waals surface area contributed by atoms with Gasteiger partial charge in [0.2, 0.25) is 0 Å². The fourth-order valence-corrected chi connectivity index (χ4v) is 3.81. The topological polar surface area (TPSA) is 64.6 Å². The van der Waals surface area contributed by atoms with E-state index in [0.717, 1.165) is 10.8 Å². The molecule has 0 bridgehead atoms. The van der Waals surface area contributed by atoms with Crippen LogP contribution in [0.25, 0.3) is 10.8 Å². The van der Waals surface area contributed by atoms with E-state index in [9.17, 15) is 9.59 Å². The van der Waals surface area contributed by atoms with Gasteiger partial charge in [-0.15, -0.1) is 0 Å². The van der Waals surface area contributed by atoms with E-state index in [2.05, 4.69) is 5.32 Å². The molecule has 0 unspecified atom stereocenters. The molecule has 0 aromatic heterocycles. The van der Waals surface area contributed by atoms with Crippen molar-refractivity contribution in [3.63, 3.8) is 0 Å². The maximum absolute atomic E-state index is 13.4. The fraction of sp³-hybridized carbons (Fsp3) is 0.308. The molecular formula is C26H29NO4. The summed E-state index contributed by atoms with van der Waals surface area (Å²) < 4.78 is 11.4. The molecule has 1 amide bonds. The van der Waals surface area contributed by atoms with Gasteiger partial charge in [0, 0.05) is 5.56 Å². The molecule has 0 saturated heterocycles. The Bertz CT molecular complexity index is 1070. The summed E-state index contributed by atoms with van der Waals surface area (Å²) in [5.41, 5.74) is -1.02. The van der Waals surface area contributed by atoms with Gasteiger partial charge in [0.1, 0.15) is 0 Å². The van der Waals surface area contributed by atoms with Gasteiger partial charge in [-0.3, -0.25) is 4.79 Å². The number of esters is 1. The van der Waals surface area contributed by atoms with Crippen LogP contribution in [-0.2, 0) is 19.8 Å². The number of benzene rings is 3. The monoisotopic (exact) mass is 419 g/mol. The molecule has 1 N–H and O–H groups in total. The Kier molecular flexibility index (Phi) is 6.46. The average Bonchev–Trinajstić information content (AvgIpc) is 2.75. The molecule has 0 saturated carbocycles. The van der Waals surface area contributed by atoms with Gasteiger partial charge in [-0.25, -0.2) is 4.79 Å². The van der Waals surface area contributed by atoms with Crippen molar-refractivity contribution in [2.75, 3.05) is 7.11 Å². The first-order valence-corrected chi connectivity index (χ1v) is 10.3. The van der Waals surface area contributed by atoms with Gasteiger partial charge in [0.15, 0.2) is 5.54 Å². The van der Waals surface area contributed by atoms with E-state index in [-0.39, 0.29) is 5.91 Å². The molecule has 5 heteroatoms. The number of methoxy groups -OCH3 is 1. The zero-order valence-corrected chi connectivity index (χ0v) is 18.6. The molecular weight excluding hydrogens is 390 g/mol. The molecule has 0 fully saturated rings. The highest BCUT2D eigenvalue weighted by Crippen LogP contribution is 2.32. The van der Waals surface area contributed by atoms with E-state index in [1.54, 1.807) is 25.1 Å². The SMILES string of the molecule is COC(=O)[C@](NC(=O)c1ccc2ccccc2c1)(c1ccccc1)[C@@H](C)OC(C)(C)C. The normalized spacial score (nSPS) is 14.5. The summed E-state index contributed by atoms with van der Waals surface area (Å²) >= 11 is 0. The third-order valence-corrected chi connectivity index (χ3v) is 5.20. The maximum Gasteiger partial charge on any atom is 0.339 e. The van der Waals surface area contributed by atoms with Crippen LogP contribution in [0, 0.1) is 0 Å². The maximum atomic E-state index is 13.4. The third kappa shape index (κ3) is 4.78. The first-order valence-electron chi connectivity index (χ1n) is 10.3. The Balaban J connectivity index is 2.09. The Morgan fingerprint density at radius 2 is 1.48 bits per heavy atom. The summed E-state index contributed by atoms with van der Waals surface area (Å²) in [5, 5.41) is 4.94. The highest BCUT2D eigenvalue weighted by Gasteiger charge is 2.50. The van der Waals surface area contributed by atoms with E-state index >= 15 is 0 Å². The van der Waals surface area contributed by atoms with E-state index in [1.165, 1.54) is 7.11 Å². The van der Waals surface area contributed by atoms with E-state index < -0.39 is 23.2 Å². The Hall–Kier alpha value is -3.18. The highest BCUT2D eigenvalue weighted by atomic mass is 16.5. The Morgan fingerprint density at radius 1 is 0.871 bits per heavy atom. The lowest BCUT2D eigenvalue weighted by Crippen LogP contribution is -2.60. The molecule has 3 aromatic rings. The number of amides is 1. The number of fused-ring (bicyclic) bond motifs is 1. The molecule has 3 aromatic carbocycles. The second kappa shape index (κ2) is 8.90. The lowest BCUT2D eigenvalue weighted by molar-refractivity contribution is -0.162. The molecule has 0 spiro atoms. The molecule has 3 rings (SSSR count). The van der Waals surface area contributed by atoms with Crippen LogP contribution in [0.3, 0.4) is 0 Å². The largest absolute Gasteiger partial charge is 0.467 e. The minimum Gasteiger partial charge on any atom is -0.467 e. The highest BCUT2D eigenvalue weighted by molar-refractivity contribution is 6.01. The van der Waals surface area contributed by atoms with Crippen LogP contribution in [0.5, 0.6) is 0 Å². The van der Waals surface area contributed by atoms with Gasteiger partial charge in [0.25, 0.3) is 5.91 Å². The molecule has 0 aliphatic rings. The number of rotatable bonds is 6. The summed E-state index contributed by atoms with van der Waals surface area (Å²) in [6.07, 6.45) is -0.702. The van der Waals surface area contributed by atoms with Crippen LogP contribution in [0.4, 0.5) is 0 Å². The van der Waals surface area contributed by atoms with Crippen molar-refractivity contribution in [2.45, 2.75) is 44.9 Å². The predicted octanol–water partition coefficient (Wildman–Crippen LogP) is 4.84. The number of hydrogen-bond donors (Lipinski definition) is 1.